The number of carbonyl (C=O) groups is 1. The van der Waals surface area contributed by atoms with Crippen molar-refractivity contribution in [3.8, 4) is 33.8 Å². The predicted octanol–water partition coefficient (Wildman–Crippen LogP) is 5.15. The SMILES string of the molecule is CN1CCN(C(=O)Nc2cncc(-c3cnc4[nH]nc(-c5nc6c(-c7cccc(F)c7)cccc6[nH]5)c4c3)c2)CC1. The average molecular weight is 548 g/mol. The van der Waals surface area contributed by atoms with E-state index in [0.29, 0.717) is 35.9 Å². The molecular weight excluding hydrogens is 521 g/mol. The van der Waals surface area contributed by atoms with Crippen LogP contribution in [0.3, 0.4) is 0 Å². The smallest absolute Gasteiger partial charge is 0.321 e. The molecule has 0 spiro atoms. The van der Waals surface area contributed by atoms with Gasteiger partial charge in [-0.3, -0.25) is 10.1 Å². The monoisotopic (exact) mass is 547 g/mol. The third kappa shape index (κ3) is 4.76. The molecule has 0 saturated carbocycles. The van der Waals surface area contributed by atoms with Crippen molar-refractivity contribution in [2.45, 2.75) is 0 Å². The molecule has 0 bridgehead atoms. The summed E-state index contributed by atoms with van der Waals surface area (Å²) in [5, 5.41) is 11.2. The van der Waals surface area contributed by atoms with Crippen molar-refractivity contribution in [1.82, 2.24) is 39.9 Å². The summed E-state index contributed by atoms with van der Waals surface area (Å²) < 4.78 is 13.9. The van der Waals surface area contributed by atoms with Gasteiger partial charge in [0.15, 0.2) is 11.5 Å². The van der Waals surface area contributed by atoms with E-state index < -0.39 is 0 Å². The van der Waals surface area contributed by atoms with E-state index in [2.05, 4.69) is 42.4 Å². The number of likely N-dealkylation sites (N-methyl/N-ethyl adjacent to an activating group) is 1. The highest BCUT2D eigenvalue weighted by atomic mass is 19.1. The van der Waals surface area contributed by atoms with Crippen molar-refractivity contribution in [2.75, 3.05) is 38.5 Å². The normalized spacial score (nSPS) is 14.1. The number of H-pyrrole nitrogens is 2. The maximum atomic E-state index is 13.9. The number of pyridine rings is 2. The predicted molar refractivity (Wildman–Crippen MR) is 156 cm³/mol. The van der Waals surface area contributed by atoms with E-state index in [1.54, 1.807) is 24.7 Å². The lowest BCUT2D eigenvalue weighted by Crippen LogP contribution is -2.48. The highest BCUT2D eigenvalue weighted by Crippen LogP contribution is 2.33. The van der Waals surface area contributed by atoms with Gasteiger partial charge in [-0.1, -0.05) is 24.3 Å². The largest absolute Gasteiger partial charge is 0.337 e. The summed E-state index contributed by atoms with van der Waals surface area (Å²) >= 11 is 0. The molecule has 41 heavy (non-hydrogen) atoms. The average Bonchev–Trinajstić information content (AvgIpc) is 3.61. The quantitative estimate of drug-likeness (QED) is 0.281. The van der Waals surface area contributed by atoms with Crippen molar-refractivity contribution in [3.63, 3.8) is 0 Å². The van der Waals surface area contributed by atoms with Crippen molar-refractivity contribution in [3.05, 3.63) is 79.0 Å². The van der Waals surface area contributed by atoms with Gasteiger partial charge >= 0.3 is 6.03 Å². The molecule has 7 rings (SSSR count). The second-order valence-electron chi connectivity index (χ2n) is 10.2. The van der Waals surface area contributed by atoms with Gasteiger partial charge in [-0.05, 0) is 42.9 Å². The zero-order chi connectivity index (χ0) is 27.9. The van der Waals surface area contributed by atoms with Gasteiger partial charge in [0.2, 0.25) is 0 Å². The summed E-state index contributed by atoms with van der Waals surface area (Å²) in [6, 6.07) is 16.0. The number of amides is 2. The summed E-state index contributed by atoms with van der Waals surface area (Å²) in [5.41, 5.74) is 6.57. The van der Waals surface area contributed by atoms with Gasteiger partial charge in [0.1, 0.15) is 11.5 Å². The van der Waals surface area contributed by atoms with E-state index in [1.165, 1.54) is 12.1 Å². The Bertz CT molecular complexity index is 1910. The number of nitrogens with one attached hydrogen (secondary N) is 3. The zero-order valence-corrected chi connectivity index (χ0v) is 22.2. The minimum absolute atomic E-state index is 0.134. The van der Waals surface area contributed by atoms with Crippen LogP contribution in [0, 0.1) is 5.82 Å². The van der Waals surface area contributed by atoms with Crippen LogP contribution in [-0.4, -0.2) is 79.2 Å². The number of aromatic amines is 2. The molecule has 11 heteroatoms. The Kier molecular flexibility index (Phi) is 6.12. The molecule has 2 amide bonds. The fraction of sp³-hybridized carbons (Fsp3) is 0.167. The summed E-state index contributed by atoms with van der Waals surface area (Å²) in [5.74, 6) is 0.269. The summed E-state index contributed by atoms with van der Waals surface area (Å²) in [7, 11) is 2.05. The molecule has 3 N–H and O–H groups in total. The number of benzene rings is 2. The van der Waals surface area contributed by atoms with Gasteiger partial charge in [0, 0.05) is 55.3 Å². The Hall–Kier alpha value is -5.16. The van der Waals surface area contributed by atoms with Gasteiger partial charge in [0.25, 0.3) is 0 Å². The molecule has 0 atom stereocenters. The first kappa shape index (κ1) is 24.9. The van der Waals surface area contributed by atoms with Crippen LogP contribution in [0.4, 0.5) is 14.9 Å². The number of imidazole rings is 1. The molecule has 4 aromatic heterocycles. The van der Waals surface area contributed by atoms with Crippen LogP contribution in [0.15, 0.2) is 73.2 Å². The van der Waals surface area contributed by atoms with E-state index in [0.717, 1.165) is 51.8 Å². The number of aromatic nitrogens is 6. The summed E-state index contributed by atoms with van der Waals surface area (Å²) in [6.45, 7) is 3.07. The molecule has 1 fully saturated rings. The third-order valence-electron chi connectivity index (χ3n) is 7.40. The molecule has 0 unspecified atom stereocenters. The van der Waals surface area contributed by atoms with Crippen LogP contribution in [0.5, 0.6) is 0 Å². The van der Waals surface area contributed by atoms with Gasteiger partial charge in [-0.25, -0.2) is 19.2 Å². The Labute approximate surface area is 234 Å². The number of hydrogen-bond donors (Lipinski definition) is 3. The summed E-state index contributed by atoms with van der Waals surface area (Å²) in [6.07, 6.45) is 5.12. The zero-order valence-electron chi connectivity index (χ0n) is 22.2. The number of piperazine rings is 1. The first-order valence-electron chi connectivity index (χ1n) is 13.3. The second-order valence-corrected chi connectivity index (χ2v) is 10.2. The molecule has 2 aromatic carbocycles. The van der Waals surface area contributed by atoms with Crippen LogP contribution in [-0.2, 0) is 0 Å². The Morgan fingerprint density at radius 2 is 1.78 bits per heavy atom. The number of urea groups is 1. The van der Waals surface area contributed by atoms with Gasteiger partial charge in [-0.2, -0.15) is 5.10 Å². The maximum absolute atomic E-state index is 13.9. The first-order chi connectivity index (χ1) is 20.0. The van der Waals surface area contributed by atoms with E-state index in [4.69, 9.17) is 4.98 Å². The Balaban J connectivity index is 1.21. The minimum Gasteiger partial charge on any atom is -0.337 e. The molecule has 10 nitrogen and oxygen atoms in total. The van der Waals surface area contributed by atoms with E-state index in [9.17, 15) is 9.18 Å². The lowest BCUT2D eigenvalue weighted by atomic mass is 10.0. The van der Waals surface area contributed by atoms with Gasteiger partial charge < -0.3 is 20.1 Å². The van der Waals surface area contributed by atoms with Gasteiger partial charge in [0.05, 0.1) is 28.3 Å². The van der Waals surface area contributed by atoms with Crippen LogP contribution in [0.25, 0.3) is 55.8 Å². The molecule has 0 aliphatic carbocycles. The molecule has 204 valence electrons. The molecule has 1 aliphatic heterocycles. The van der Waals surface area contributed by atoms with Crippen molar-refractivity contribution < 1.29 is 9.18 Å². The molecular formula is C30H26FN9O. The second kappa shape index (κ2) is 10.1. The molecule has 1 saturated heterocycles. The van der Waals surface area contributed by atoms with Crippen LogP contribution >= 0.6 is 0 Å². The number of carbonyl (C=O) groups excluding carboxylic acids is 1. The molecule has 6 aromatic rings. The van der Waals surface area contributed by atoms with Crippen molar-refractivity contribution in [2.24, 2.45) is 0 Å². The van der Waals surface area contributed by atoms with Crippen molar-refractivity contribution in [1.29, 1.82) is 0 Å². The van der Waals surface area contributed by atoms with Crippen molar-refractivity contribution >= 4 is 33.8 Å². The highest BCUT2D eigenvalue weighted by Gasteiger charge is 2.20. The Morgan fingerprint density at radius 1 is 0.951 bits per heavy atom. The standard InChI is InChI=1S/C30H26FN9O/c1-39-8-10-40(11-9-39)30(41)34-22-13-19(15-32-17-22)20-14-24-27(37-38-28(24)33-16-20)29-35-25-7-3-6-23(26(25)36-29)18-4-2-5-21(31)12-18/h2-7,12-17H,8-11H2,1H3,(H,34,41)(H,35,36)(H,33,37,38). The number of nitrogens with zero attached hydrogens (tertiary/aromatic N) is 6. The van der Waals surface area contributed by atoms with Crippen LogP contribution in [0.2, 0.25) is 0 Å². The lowest BCUT2D eigenvalue weighted by Gasteiger charge is -2.32. The van der Waals surface area contributed by atoms with E-state index >= 15 is 0 Å². The minimum atomic E-state index is -0.301. The highest BCUT2D eigenvalue weighted by molar-refractivity contribution is 5.97. The first-order valence-corrected chi connectivity index (χ1v) is 13.3. The molecule has 0 radical (unpaired) electrons. The lowest BCUT2D eigenvalue weighted by molar-refractivity contribution is 0.164. The van der Waals surface area contributed by atoms with E-state index in [-0.39, 0.29) is 11.8 Å². The fourth-order valence-electron chi connectivity index (χ4n) is 5.15. The number of fused-ring (bicyclic) bond motifs is 2. The molecule has 1 aliphatic rings. The molecule has 5 heterocycles. The maximum Gasteiger partial charge on any atom is 0.321 e. The number of hydrogen-bond acceptors (Lipinski definition) is 6. The van der Waals surface area contributed by atoms with Crippen LogP contribution < -0.4 is 5.32 Å². The van der Waals surface area contributed by atoms with Crippen LogP contribution in [0.1, 0.15) is 0 Å². The number of halogens is 1. The number of rotatable bonds is 4. The van der Waals surface area contributed by atoms with E-state index in [1.807, 2.05) is 41.3 Å². The third-order valence-corrected chi connectivity index (χ3v) is 7.40. The number of para-hydroxylation sites is 1. The summed E-state index contributed by atoms with van der Waals surface area (Å²) in [4.78, 5) is 33.9. The fourth-order valence-corrected chi connectivity index (χ4v) is 5.15. The topological polar surface area (TPSA) is 119 Å². The number of anilines is 1. The van der Waals surface area contributed by atoms with Gasteiger partial charge in [-0.15, -0.1) is 0 Å². The Morgan fingerprint density at radius 3 is 2.63 bits per heavy atom.